The molecule has 2 aliphatic rings. The van der Waals surface area contributed by atoms with Gasteiger partial charge in [0.25, 0.3) is 0 Å². The van der Waals surface area contributed by atoms with E-state index in [0.717, 1.165) is 21.5 Å². The van der Waals surface area contributed by atoms with Crippen LogP contribution in [-0.4, -0.2) is 48.1 Å². The first-order valence-electron chi connectivity index (χ1n) is 8.50. The number of fused-ring (bicyclic) bond motifs is 1. The number of Topliss-reactive ketones (excluding diaryl/α,β-unsaturated/α-hetero) is 1. The Labute approximate surface area is 151 Å². The second kappa shape index (κ2) is 6.05. The van der Waals surface area contributed by atoms with Crippen LogP contribution in [0, 0.1) is 5.41 Å². The predicted molar refractivity (Wildman–Crippen MR) is 101 cm³/mol. The van der Waals surface area contributed by atoms with Gasteiger partial charge in [-0.1, -0.05) is 39.3 Å². The zero-order chi connectivity index (χ0) is 19.4. The molecule has 0 atom stereocenters. The second-order valence-corrected chi connectivity index (χ2v) is 19.0. The van der Waals surface area contributed by atoms with Crippen LogP contribution >= 0.6 is 0 Å². The van der Waals surface area contributed by atoms with Crippen molar-refractivity contribution in [2.75, 3.05) is 14.2 Å². The Morgan fingerprint density at radius 2 is 1.12 bits per heavy atom. The first-order chi connectivity index (χ1) is 11.3. The van der Waals surface area contributed by atoms with E-state index in [9.17, 15) is 14.4 Å². The highest BCUT2D eigenvalue weighted by atomic mass is 28.3. The van der Waals surface area contributed by atoms with Crippen LogP contribution < -0.4 is 0 Å². The molecule has 1 saturated carbocycles. The van der Waals surface area contributed by atoms with E-state index in [1.807, 2.05) is 0 Å². The maximum atomic E-state index is 13.2. The highest BCUT2D eigenvalue weighted by Gasteiger charge is 2.58. The quantitative estimate of drug-likeness (QED) is 0.426. The molecule has 0 saturated heterocycles. The Hall–Kier alpha value is -1.48. The minimum absolute atomic E-state index is 0.159. The van der Waals surface area contributed by atoms with Crippen molar-refractivity contribution in [2.45, 2.75) is 52.1 Å². The van der Waals surface area contributed by atoms with Crippen LogP contribution in [0.5, 0.6) is 0 Å². The number of allylic oxidation sites excluding steroid dienone is 4. The summed E-state index contributed by atoms with van der Waals surface area (Å²) in [5, 5.41) is 1.74. The Kier molecular flexibility index (Phi) is 4.80. The molecule has 0 aromatic carbocycles. The van der Waals surface area contributed by atoms with Gasteiger partial charge in [-0.25, -0.2) is 0 Å². The number of carbonyl (C=O) groups excluding carboxylic acids is 3. The third-order valence-electron chi connectivity index (χ3n) is 5.03. The second-order valence-electron chi connectivity index (χ2n) is 8.96. The highest BCUT2D eigenvalue weighted by molar-refractivity contribution is 6.94. The number of esters is 2. The van der Waals surface area contributed by atoms with Crippen LogP contribution in [0.1, 0.15) is 12.8 Å². The van der Waals surface area contributed by atoms with Gasteiger partial charge in [-0.3, -0.25) is 14.4 Å². The summed E-state index contributed by atoms with van der Waals surface area (Å²) in [6.45, 7) is 12.8. The van der Waals surface area contributed by atoms with Crippen LogP contribution in [0.2, 0.25) is 39.3 Å². The lowest BCUT2D eigenvalue weighted by atomic mass is 9.85. The van der Waals surface area contributed by atoms with Gasteiger partial charge in [0.1, 0.15) is 0 Å². The van der Waals surface area contributed by atoms with Crippen LogP contribution in [0.15, 0.2) is 21.5 Å². The summed E-state index contributed by atoms with van der Waals surface area (Å²) in [6.07, 6.45) is 0.419. The predicted octanol–water partition coefficient (Wildman–Crippen LogP) is 3.04. The van der Waals surface area contributed by atoms with Crippen molar-refractivity contribution >= 4 is 33.9 Å². The molecule has 0 N–H and O–H groups in total. The fourth-order valence-electron chi connectivity index (χ4n) is 4.11. The van der Waals surface area contributed by atoms with Gasteiger partial charge in [0, 0.05) is 0 Å². The Morgan fingerprint density at radius 3 is 1.36 bits per heavy atom. The van der Waals surface area contributed by atoms with Gasteiger partial charge >= 0.3 is 11.9 Å². The smallest absolute Gasteiger partial charge is 0.323 e. The molecule has 0 aromatic heterocycles. The molecular weight excluding hydrogens is 352 g/mol. The minimum Gasteiger partial charge on any atom is -0.468 e. The van der Waals surface area contributed by atoms with Crippen molar-refractivity contribution in [1.29, 1.82) is 0 Å². The van der Waals surface area contributed by atoms with E-state index in [0.29, 0.717) is 0 Å². The molecule has 0 aliphatic heterocycles. The Bertz CT molecular complexity index is 657. The molecule has 2 rings (SSSR count). The molecule has 0 unspecified atom stereocenters. The lowest BCUT2D eigenvalue weighted by Crippen LogP contribution is -2.40. The Balaban J connectivity index is 2.75. The maximum absolute atomic E-state index is 13.2. The SMILES string of the molecule is COC(=O)C1(C(=O)OC)CC2=C([Si](C)(C)C)C(=O)C([Si](C)(C)C)=C2C1. The maximum Gasteiger partial charge on any atom is 0.323 e. The number of rotatable bonds is 4. The standard InChI is InChI=1S/C18H28O5Si2/c1-22-16(20)18(17(21)23-2)9-11-12(10-18)15(25(6,7)8)13(19)14(11)24(3,4)5/h9-10H2,1-8H3. The number of ether oxygens (including phenoxy) is 2. The van der Waals surface area contributed by atoms with Crippen LogP contribution in [0.3, 0.4) is 0 Å². The molecule has 138 valence electrons. The van der Waals surface area contributed by atoms with Crippen molar-refractivity contribution in [3.05, 3.63) is 21.5 Å². The summed E-state index contributed by atoms with van der Waals surface area (Å²) < 4.78 is 9.89. The number of ketones is 1. The largest absolute Gasteiger partial charge is 0.468 e. The molecule has 0 bridgehead atoms. The lowest BCUT2D eigenvalue weighted by molar-refractivity contribution is -0.168. The molecule has 1 fully saturated rings. The van der Waals surface area contributed by atoms with E-state index < -0.39 is 33.5 Å². The van der Waals surface area contributed by atoms with Gasteiger partial charge in [-0.05, 0) is 34.4 Å². The lowest BCUT2D eigenvalue weighted by Gasteiger charge is -2.26. The summed E-state index contributed by atoms with van der Waals surface area (Å²) in [5.41, 5.74) is 0.472. The van der Waals surface area contributed by atoms with Gasteiger partial charge in [-0.2, -0.15) is 0 Å². The van der Waals surface area contributed by atoms with Gasteiger partial charge in [0.15, 0.2) is 11.2 Å². The normalized spacial score (nSPS) is 20.1. The molecule has 0 amide bonds. The van der Waals surface area contributed by atoms with Gasteiger partial charge in [0.2, 0.25) is 0 Å². The van der Waals surface area contributed by atoms with Gasteiger partial charge < -0.3 is 9.47 Å². The van der Waals surface area contributed by atoms with Gasteiger partial charge in [0.05, 0.1) is 30.4 Å². The van der Waals surface area contributed by atoms with E-state index >= 15 is 0 Å². The number of hydrogen-bond acceptors (Lipinski definition) is 5. The van der Waals surface area contributed by atoms with E-state index in [-0.39, 0.29) is 18.6 Å². The van der Waals surface area contributed by atoms with Crippen molar-refractivity contribution in [2.24, 2.45) is 5.41 Å². The molecule has 0 radical (unpaired) electrons. The third kappa shape index (κ3) is 2.97. The third-order valence-corrected chi connectivity index (χ3v) is 9.09. The summed E-state index contributed by atoms with van der Waals surface area (Å²) in [5.74, 6) is -0.997. The molecule has 25 heavy (non-hydrogen) atoms. The zero-order valence-electron chi connectivity index (χ0n) is 16.5. The molecule has 5 nitrogen and oxygen atoms in total. The summed E-state index contributed by atoms with van der Waals surface area (Å²) in [7, 11) is -1.31. The van der Waals surface area contributed by atoms with E-state index in [2.05, 4.69) is 39.3 Å². The molecule has 0 aromatic rings. The van der Waals surface area contributed by atoms with Crippen molar-refractivity contribution in [3.63, 3.8) is 0 Å². The monoisotopic (exact) mass is 380 g/mol. The summed E-state index contributed by atoms with van der Waals surface area (Å²) in [6, 6.07) is 0. The first kappa shape index (κ1) is 19.8. The average Bonchev–Trinajstić information content (AvgIpc) is 2.95. The zero-order valence-corrected chi connectivity index (χ0v) is 18.5. The van der Waals surface area contributed by atoms with E-state index in [1.54, 1.807) is 0 Å². The van der Waals surface area contributed by atoms with Crippen molar-refractivity contribution in [1.82, 2.24) is 0 Å². The fourth-order valence-corrected chi connectivity index (χ4v) is 8.13. The number of methoxy groups -OCH3 is 2. The summed E-state index contributed by atoms with van der Waals surface area (Å²) in [4.78, 5) is 38.3. The minimum atomic E-state index is -1.94. The van der Waals surface area contributed by atoms with Crippen molar-refractivity contribution in [3.8, 4) is 0 Å². The van der Waals surface area contributed by atoms with Crippen LogP contribution in [0.25, 0.3) is 0 Å². The Morgan fingerprint density at radius 1 is 0.800 bits per heavy atom. The first-order valence-corrected chi connectivity index (χ1v) is 15.5. The highest BCUT2D eigenvalue weighted by Crippen LogP contribution is 2.54. The molecular formula is C18H28O5Si2. The van der Waals surface area contributed by atoms with Crippen molar-refractivity contribution < 1.29 is 23.9 Å². The van der Waals surface area contributed by atoms with Gasteiger partial charge in [-0.15, -0.1) is 0 Å². The van der Waals surface area contributed by atoms with E-state index in [4.69, 9.17) is 9.47 Å². The summed E-state index contributed by atoms with van der Waals surface area (Å²) >= 11 is 0. The fraction of sp³-hybridized carbons (Fsp3) is 0.611. The topological polar surface area (TPSA) is 69.7 Å². The van der Waals surface area contributed by atoms with Crippen LogP contribution in [0.4, 0.5) is 0 Å². The number of hydrogen-bond donors (Lipinski definition) is 0. The molecule has 2 aliphatic carbocycles. The van der Waals surface area contributed by atoms with Crippen LogP contribution in [-0.2, 0) is 23.9 Å². The van der Waals surface area contributed by atoms with E-state index in [1.165, 1.54) is 14.2 Å². The molecule has 0 spiro atoms. The molecule has 0 heterocycles. The molecule has 7 heteroatoms. The average molecular weight is 381 g/mol. The number of carbonyl (C=O) groups is 3.